The molecule has 3 rings (SSSR count). The topological polar surface area (TPSA) is 112 Å². The van der Waals surface area contributed by atoms with Crippen LogP contribution in [-0.4, -0.2) is 59.0 Å². The lowest BCUT2D eigenvalue weighted by atomic mass is 9.92. The average molecular weight is 431 g/mol. The number of carboxylic acid groups (broad SMARTS) is 1. The molecular formula is C23H34N4O4. The van der Waals surface area contributed by atoms with E-state index in [1.807, 2.05) is 11.8 Å². The molecule has 2 saturated heterocycles. The highest BCUT2D eigenvalue weighted by Crippen LogP contribution is 2.23. The molecule has 2 aliphatic rings. The van der Waals surface area contributed by atoms with Crippen LogP contribution in [0.3, 0.4) is 0 Å². The lowest BCUT2D eigenvalue weighted by molar-refractivity contribution is -0.138. The van der Waals surface area contributed by atoms with Crippen molar-refractivity contribution in [1.29, 1.82) is 0 Å². The van der Waals surface area contributed by atoms with E-state index >= 15 is 0 Å². The van der Waals surface area contributed by atoms with E-state index in [0.29, 0.717) is 37.4 Å². The average Bonchev–Trinajstić information content (AvgIpc) is 2.78. The maximum atomic E-state index is 12.9. The Kier molecular flexibility index (Phi) is 8.40. The minimum atomic E-state index is -0.982. The summed E-state index contributed by atoms with van der Waals surface area (Å²) in [5.41, 5.74) is 1.50. The van der Waals surface area contributed by atoms with Crippen LogP contribution in [0.5, 0.6) is 0 Å². The number of hydrogen-bond acceptors (Lipinski definition) is 5. The SMILES string of the molecule is Cc1ccc([C@H](CC(=O)O)NC(=O)[C@@H]2CCCN(C(=O)CCC3CCNCC3)C2)cn1. The van der Waals surface area contributed by atoms with Crippen molar-refractivity contribution in [3.05, 3.63) is 29.6 Å². The minimum Gasteiger partial charge on any atom is -0.481 e. The van der Waals surface area contributed by atoms with Gasteiger partial charge in [0.05, 0.1) is 18.4 Å². The van der Waals surface area contributed by atoms with Crippen molar-refractivity contribution in [2.75, 3.05) is 26.2 Å². The van der Waals surface area contributed by atoms with Crippen molar-refractivity contribution in [3.8, 4) is 0 Å². The molecule has 0 unspecified atom stereocenters. The van der Waals surface area contributed by atoms with E-state index in [0.717, 1.165) is 44.5 Å². The first-order valence-electron chi connectivity index (χ1n) is 11.4. The van der Waals surface area contributed by atoms with Crippen molar-refractivity contribution < 1.29 is 19.5 Å². The number of carbonyl (C=O) groups excluding carboxylic acids is 2. The number of likely N-dealkylation sites (tertiary alicyclic amines) is 1. The summed E-state index contributed by atoms with van der Waals surface area (Å²) in [7, 11) is 0. The smallest absolute Gasteiger partial charge is 0.305 e. The van der Waals surface area contributed by atoms with Gasteiger partial charge >= 0.3 is 5.97 Å². The summed E-state index contributed by atoms with van der Waals surface area (Å²) in [4.78, 5) is 43.0. The Balaban J connectivity index is 1.55. The number of aliphatic carboxylic acids is 1. The van der Waals surface area contributed by atoms with Crippen molar-refractivity contribution in [1.82, 2.24) is 20.5 Å². The predicted octanol–water partition coefficient (Wildman–Crippen LogP) is 2.04. The normalized spacial score (nSPS) is 20.8. The number of aromatic nitrogens is 1. The number of carboxylic acids is 1. The number of hydrogen-bond donors (Lipinski definition) is 3. The third-order valence-electron chi connectivity index (χ3n) is 6.40. The Hall–Kier alpha value is -2.48. The zero-order valence-electron chi connectivity index (χ0n) is 18.3. The predicted molar refractivity (Wildman–Crippen MR) is 116 cm³/mol. The second-order valence-corrected chi connectivity index (χ2v) is 8.80. The van der Waals surface area contributed by atoms with Gasteiger partial charge in [0.25, 0.3) is 0 Å². The Morgan fingerprint density at radius 2 is 2.03 bits per heavy atom. The molecule has 2 fully saturated rings. The molecule has 3 N–H and O–H groups in total. The molecule has 2 atom stereocenters. The fraction of sp³-hybridized carbons (Fsp3) is 0.652. The first-order valence-corrected chi connectivity index (χ1v) is 11.4. The fourth-order valence-corrected chi connectivity index (χ4v) is 4.48. The molecule has 1 aromatic rings. The van der Waals surface area contributed by atoms with E-state index in [-0.39, 0.29) is 24.2 Å². The molecule has 2 aliphatic heterocycles. The lowest BCUT2D eigenvalue weighted by Gasteiger charge is -2.33. The third kappa shape index (κ3) is 7.02. The van der Waals surface area contributed by atoms with E-state index in [1.54, 1.807) is 18.3 Å². The highest BCUT2D eigenvalue weighted by molar-refractivity contribution is 5.82. The van der Waals surface area contributed by atoms with Crippen LogP contribution in [0.2, 0.25) is 0 Å². The van der Waals surface area contributed by atoms with Crippen LogP contribution in [0.4, 0.5) is 0 Å². The van der Waals surface area contributed by atoms with Crippen LogP contribution in [0, 0.1) is 18.8 Å². The van der Waals surface area contributed by atoms with Gasteiger partial charge in [0.15, 0.2) is 0 Å². The van der Waals surface area contributed by atoms with E-state index in [2.05, 4.69) is 15.6 Å². The molecule has 31 heavy (non-hydrogen) atoms. The first-order chi connectivity index (χ1) is 14.9. The van der Waals surface area contributed by atoms with Crippen molar-refractivity contribution in [2.24, 2.45) is 11.8 Å². The van der Waals surface area contributed by atoms with Crippen molar-refractivity contribution >= 4 is 17.8 Å². The lowest BCUT2D eigenvalue weighted by Crippen LogP contribution is -2.46. The van der Waals surface area contributed by atoms with Crippen LogP contribution in [0.25, 0.3) is 0 Å². The highest BCUT2D eigenvalue weighted by atomic mass is 16.4. The summed E-state index contributed by atoms with van der Waals surface area (Å²) < 4.78 is 0. The Morgan fingerprint density at radius 3 is 2.71 bits per heavy atom. The number of aryl methyl sites for hydroxylation is 1. The van der Waals surface area contributed by atoms with Gasteiger partial charge in [-0.1, -0.05) is 6.07 Å². The quantitative estimate of drug-likeness (QED) is 0.582. The van der Waals surface area contributed by atoms with Gasteiger partial charge in [-0.15, -0.1) is 0 Å². The zero-order chi connectivity index (χ0) is 22.2. The summed E-state index contributed by atoms with van der Waals surface area (Å²) in [6.07, 6.45) is 6.59. The van der Waals surface area contributed by atoms with Gasteiger partial charge in [-0.05, 0) is 69.7 Å². The summed E-state index contributed by atoms with van der Waals surface area (Å²) in [5.74, 6) is -0.756. The highest BCUT2D eigenvalue weighted by Gasteiger charge is 2.30. The second kappa shape index (κ2) is 11.2. The number of nitrogens with one attached hydrogen (secondary N) is 2. The molecule has 0 radical (unpaired) electrons. The molecule has 3 heterocycles. The number of rotatable bonds is 8. The molecule has 8 nitrogen and oxygen atoms in total. The van der Waals surface area contributed by atoms with Crippen LogP contribution in [0.1, 0.15) is 62.2 Å². The summed E-state index contributed by atoms with van der Waals surface area (Å²) in [6, 6.07) is 2.97. The molecule has 2 amide bonds. The molecule has 170 valence electrons. The zero-order valence-corrected chi connectivity index (χ0v) is 18.3. The number of pyridine rings is 1. The van der Waals surface area contributed by atoms with E-state index < -0.39 is 12.0 Å². The summed E-state index contributed by atoms with van der Waals surface area (Å²) in [5, 5.41) is 15.5. The minimum absolute atomic E-state index is 0.126. The van der Waals surface area contributed by atoms with Gasteiger partial charge in [0.2, 0.25) is 11.8 Å². The number of nitrogens with zero attached hydrogens (tertiary/aromatic N) is 2. The van der Waals surface area contributed by atoms with Gasteiger partial charge in [0.1, 0.15) is 0 Å². The monoisotopic (exact) mass is 430 g/mol. The second-order valence-electron chi connectivity index (χ2n) is 8.80. The van der Waals surface area contributed by atoms with Crippen LogP contribution >= 0.6 is 0 Å². The van der Waals surface area contributed by atoms with Crippen LogP contribution < -0.4 is 10.6 Å². The number of carbonyl (C=O) groups is 3. The Morgan fingerprint density at radius 1 is 1.26 bits per heavy atom. The Bertz CT molecular complexity index is 761. The van der Waals surface area contributed by atoms with Gasteiger partial charge in [-0.25, -0.2) is 0 Å². The fourth-order valence-electron chi connectivity index (χ4n) is 4.48. The van der Waals surface area contributed by atoms with Gasteiger partial charge in [0, 0.05) is 31.4 Å². The van der Waals surface area contributed by atoms with Gasteiger partial charge < -0.3 is 20.6 Å². The third-order valence-corrected chi connectivity index (χ3v) is 6.40. The maximum Gasteiger partial charge on any atom is 0.305 e. The maximum absolute atomic E-state index is 12.9. The molecule has 0 spiro atoms. The van der Waals surface area contributed by atoms with Crippen molar-refractivity contribution in [2.45, 2.75) is 57.9 Å². The van der Waals surface area contributed by atoms with E-state index in [9.17, 15) is 19.5 Å². The van der Waals surface area contributed by atoms with Crippen LogP contribution in [-0.2, 0) is 14.4 Å². The summed E-state index contributed by atoms with van der Waals surface area (Å²) in [6.45, 7) is 5.00. The van der Waals surface area contributed by atoms with E-state index in [4.69, 9.17) is 0 Å². The van der Waals surface area contributed by atoms with Crippen LogP contribution in [0.15, 0.2) is 18.3 Å². The first kappa shape index (κ1) is 23.2. The molecule has 0 bridgehead atoms. The number of piperidine rings is 2. The van der Waals surface area contributed by atoms with E-state index in [1.165, 1.54) is 0 Å². The molecule has 0 aliphatic carbocycles. The molecular weight excluding hydrogens is 396 g/mol. The molecule has 1 aromatic heterocycles. The Labute approximate surface area is 183 Å². The molecule has 0 aromatic carbocycles. The number of amides is 2. The summed E-state index contributed by atoms with van der Waals surface area (Å²) >= 11 is 0. The van der Waals surface area contributed by atoms with Crippen molar-refractivity contribution in [3.63, 3.8) is 0 Å². The largest absolute Gasteiger partial charge is 0.481 e. The molecule has 8 heteroatoms. The molecule has 0 saturated carbocycles. The standard InChI is InChI=1S/C23H34N4O4/c1-16-4-6-18(14-25-16)20(13-22(29)30)26-23(31)19-3-2-12-27(15-19)21(28)7-5-17-8-10-24-11-9-17/h4,6,14,17,19-20,24H,2-3,5,7-13,15H2,1H3,(H,26,31)(H,29,30)/t19-,20+/m1/s1. The van der Waals surface area contributed by atoms with Gasteiger partial charge in [-0.2, -0.15) is 0 Å². The van der Waals surface area contributed by atoms with Gasteiger partial charge in [-0.3, -0.25) is 19.4 Å².